The normalized spacial score (nSPS) is 10.3. The first kappa shape index (κ1) is 12.2. The van der Waals surface area contributed by atoms with Gasteiger partial charge in [-0.3, -0.25) is 0 Å². The largest absolute Gasteiger partial charge is 0.457 e. The molecule has 0 spiro atoms. The average Bonchev–Trinajstić information content (AvgIpc) is 2.32. The number of ether oxygens (including phenoxy) is 1. The molecule has 0 aliphatic rings. The lowest BCUT2D eigenvalue weighted by atomic mass is 10.2. The minimum Gasteiger partial charge on any atom is -0.457 e. The van der Waals surface area contributed by atoms with Gasteiger partial charge in [-0.25, -0.2) is 4.39 Å². The highest BCUT2D eigenvalue weighted by Gasteiger charge is 2.03. The molecule has 0 amide bonds. The van der Waals surface area contributed by atoms with Crippen LogP contribution in [0.2, 0.25) is 5.02 Å². The predicted octanol–water partition coefficient (Wildman–Crippen LogP) is 5.01. The zero-order valence-electron chi connectivity index (χ0n) is 8.79. The van der Waals surface area contributed by atoms with Crippen molar-refractivity contribution >= 4 is 23.2 Å². The van der Waals surface area contributed by atoms with Gasteiger partial charge in [0.05, 0.1) is 0 Å². The first-order valence-corrected chi connectivity index (χ1v) is 5.88. The number of hydrogen-bond acceptors (Lipinski definition) is 1. The molecule has 0 fully saturated rings. The molecule has 0 atom stereocenters. The quantitative estimate of drug-likeness (QED) is 0.713. The van der Waals surface area contributed by atoms with E-state index in [2.05, 4.69) is 0 Å². The third kappa shape index (κ3) is 3.11. The van der Waals surface area contributed by atoms with Crippen LogP contribution in [0.1, 0.15) is 5.56 Å². The van der Waals surface area contributed by atoms with Crippen molar-refractivity contribution in [3.8, 4) is 11.5 Å². The first-order valence-electron chi connectivity index (χ1n) is 4.97. The smallest absolute Gasteiger partial charge is 0.128 e. The number of rotatable bonds is 3. The van der Waals surface area contributed by atoms with Crippen LogP contribution in [0.15, 0.2) is 42.5 Å². The predicted molar refractivity (Wildman–Crippen MR) is 67.5 cm³/mol. The van der Waals surface area contributed by atoms with Gasteiger partial charge in [-0.2, -0.15) is 0 Å². The van der Waals surface area contributed by atoms with E-state index in [1.807, 2.05) is 0 Å². The third-order valence-corrected chi connectivity index (χ3v) is 2.86. The second kappa shape index (κ2) is 5.39. The lowest BCUT2D eigenvalue weighted by molar-refractivity contribution is 0.480. The maximum atomic E-state index is 12.7. The molecular weight excluding hydrogens is 262 g/mol. The summed E-state index contributed by atoms with van der Waals surface area (Å²) in [4.78, 5) is 0. The molecule has 17 heavy (non-hydrogen) atoms. The Balaban J connectivity index is 2.19. The van der Waals surface area contributed by atoms with E-state index < -0.39 is 0 Å². The Kier molecular flexibility index (Phi) is 3.87. The number of hydrogen-bond donors (Lipinski definition) is 0. The van der Waals surface area contributed by atoms with Crippen LogP contribution in [-0.2, 0) is 5.88 Å². The monoisotopic (exact) mass is 270 g/mol. The summed E-state index contributed by atoms with van der Waals surface area (Å²) in [7, 11) is 0. The summed E-state index contributed by atoms with van der Waals surface area (Å²) in [6.45, 7) is 0. The Morgan fingerprint density at radius 1 is 1.00 bits per heavy atom. The van der Waals surface area contributed by atoms with Gasteiger partial charge in [0.2, 0.25) is 0 Å². The first-order chi connectivity index (χ1) is 8.19. The summed E-state index contributed by atoms with van der Waals surface area (Å²) < 4.78 is 18.2. The molecule has 0 unspecified atom stereocenters. The molecule has 0 N–H and O–H groups in total. The van der Waals surface area contributed by atoms with E-state index in [0.29, 0.717) is 22.4 Å². The Morgan fingerprint density at radius 2 is 1.65 bits per heavy atom. The Labute approximate surface area is 109 Å². The number of halogens is 3. The van der Waals surface area contributed by atoms with Gasteiger partial charge in [-0.1, -0.05) is 17.7 Å². The standard InChI is InChI=1S/C13H9Cl2FO/c14-8-9-1-4-12(7-13(9)15)17-11-5-2-10(16)3-6-11/h1-7H,8H2. The fraction of sp³-hybridized carbons (Fsp3) is 0.0769. The van der Waals surface area contributed by atoms with E-state index in [1.54, 1.807) is 30.3 Å². The van der Waals surface area contributed by atoms with Crippen molar-refractivity contribution < 1.29 is 9.13 Å². The molecule has 0 bridgehead atoms. The SMILES string of the molecule is Fc1ccc(Oc2ccc(CCl)c(Cl)c2)cc1. The van der Waals surface area contributed by atoms with Gasteiger partial charge in [0.15, 0.2) is 0 Å². The van der Waals surface area contributed by atoms with Crippen molar-refractivity contribution in [2.45, 2.75) is 5.88 Å². The van der Waals surface area contributed by atoms with Crippen molar-refractivity contribution in [3.63, 3.8) is 0 Å². The highest BCUT2D eigenvalue weighted by Crippen LogP contribution is 2.27. The molecule has 0 heterocycles. The molecular formula is C13H9Cl2FO. The molecule has 0 saturated carbocycles. The van der Waals surface area contributed by atoms with Gasteiger partial charge in [0.1, 0.15) is 17.3 Å². The average molecular weight is 271 g/mol. The van der Waals surface area contributed by atoms with Crippen LogP contribution in [-0.4, -0.2) is 0 Å². The number of alkyl halides is 1. The topological polar surface area (TPSA) is 9.23 Å². The summed E-state index contributed by atoms with van der Waals surface area (Å²) in [5, 5.41) is 0.555. The second-order valence-electron chi connectivity index (χ2n) is 3.44. The van der Waals surface area contributed by atoms with Crippen LogP contribution in [0.3, 0.4) is 0 Å². The molecule has 0 radical (unpaired) electrons. The van der Waals surface area contributed by atoms with Crippen LogP contribution in [0.25, 0.3) is 0 Å². The van der Waals surface area contributed by atoms with E-state index in [9.17, 15) is 4.39 Å². The third-order valence-electron chi connectivity index (χ3n) is 2.22. The van der Waals surface area contributed by atoms with Crippen molar-refractivity contribution in [2.24, 2.45) is 0 Å². The van der Waals surface area contributed by atoms with Crippen LogP contribution >= 0.6 is 23.2 Å². The van der Waals surface area contributed by atoms with Crippen molar-refractivity contribution in [1.82, 2.24) is 0 Å². The molecule has 2 aromatic rings. The molecule has 0 saturated heterocycles. The van der Waals surface area contributed by atoms with E-state index >= 15 is 0 Å². The molecule has 0 aromatic heterocycles. The van der Waals surface area contributed by atoms with Crippen LogP contribution in [0.5, 0.6) is 11.5 Å². The van der Waals surface area contributed by atoms with Gasteiger partial charge in [-0.15, -0.1) is 11.6 Å². The second-order valence-corrected chi connectivity index (χ2v) is 4.12. The lowest BCUT2D eigenvalue weighted by Crippen LogP contribution is -1.86. The molecule has 88 valence electrons. The minimum atomic E-state index is -0.298. The lowest BCUT2D eigenvalue weighted by Gasteiger charge is -2.07. The zero-order chi connectivity index (χ0) is 12.3. The fourth-order valence-electron chi connectivity index (χ4n) is 1.34. The maximum Gasteiger partial charge on any atom is 0.128 e. The maximum absolute atomic E-state index is 12.7. The van der Waals surface area contributed by atoms with Crippen LogP contribution in [0, 0.1) is 5.82 Å². The molecule has 1 nitrogen and oxygen atoms in total. The highest BCUT2D eigenvalue weighted by molar-refractivity contribution is 6.32. The minimum absolute atomic E-state index is 0.298. The fourth-order valence-corrected chi connectivity index (χ4v) is 1.88. The van der Waals surface area contributed by atoms with Gasteiger partial charge in [-0.05, 0) is 42.0 Å². The van der Waals surface area contributed by atoms with Crippen molar-refractivity contribution in [3.05, 3.63) is 58.9 Å². The highest BCUT2D eigenvalue weighted by atomic mass is 35.5. The molecule has 0 aliphatic carbocycles. The van der Waals surface area contributed by atoms with Gasteiger partial charge in [0, 0.05) is 10.9 Å². The van der Waals surface area contributed by atoms with Gasteiger partial charge < -0.3 is 4.74 Å². The molecule has 2 aromatic carbocycles. The summed E-state index contributed by atoms with van der Waals surface area (Å²) in [5.74, 6) is 1.21. The Hall–Kier alpha value is -1.25. The zero-order valence-corrected chi connectivity index (χ0v) is 10.3. The Morgan fingerprint density at radius 3 is 2.24 bits per heavy atom. The van der Waals surface area contributed by atoms with Crippen molar-refractivity contribution in [1.29, 1.82) is 0 Å². The van der Waals surface area contributed by atoms with Crippen molar-refractivity contribution in [2.75, 3.05) is 0 Å². The van der Waals surface area contributed by atoms with E-state index in [4.69, 9.17) is 27.9 Å². The van der Waals surface area contributed by atoms with Gasteiger partial charge >= 0.3 is 0 Å². The molecule has 4 heteroatoms. The summed E-state index contributed by atoms with van der Waals surface area (Å²) in [5.41, 5.74) is 0.847. The Bertz CT molecular complexity index is 511. The molecule has 2 rings (SSSR count). The molecule has 0 aliphatic heterocycles. The summed E-state index contributed by atoms with van der Waals surface area (Å²) >= 11 is 11.7. The number of benzene rings is 2. The van der Waals surface area contributed by atoms with Crippen LogP contribution < -0.4 is 4.74 Å². The van der Waals surface area contributed by atoms with Crippen LogP contribution in [0.4, 0.5) is 4.39 Å². The summed E-state index contributed by atoms with van der Waals surface area (Å²) in [6.07, 6.45) is 0. The van der Waals surface area contributed by atoms with E-state index in [1.165, 1.54) is 12.1 Å². The van der Waals surface area contributed by atoms with E-state index in [0.717, 1.165) is 5.56 Å². The summed E-state index contributed by atoms with van der Waals surface area (Å²) in [6, 6.07) is 11.0. The van der Waals surface area contributed by atoms with E-state index in [-0.39, 0.29) is 5.82 Å². The van der Waals surface area contributed by atoms with Gasteiger partial charge in [0.25, 0.3) is 0 Å².